The van der Waals surface area contributed by atoms with E-state index < -0.39 is 5.91 Å². The fourth-order valence-electron chi connectivity index (χ4n) is 2.28. The zero-order valence-electron chi connectivity index (χ0n) is 10.9. The molecule has 1 aliphatic rings. The molecule has 0 atom stereocenters. The van der Waals surface area contributed by atoms with E-state index in [1.54, 1.807) is 7.05 Å². The molecule has 1 aliphatic heterocycles. The molecule has 0 unspecified atom stereocenters. The van der Waals surface area contributed by atoms with Crippen molar-refractivity contribution in [1.29, 1.82) is 0 Å². The molecule has 104 valence electrons. The highest BCUT2D eigenvalue weighted by Crippen LogP contribution is 2.39. The summed E-state index contributed by atoms with van der Waals surface area (Å²) in [4.78, 5) is 25.7. The molecule has 0 bridgehead atoms. The maximum atomic E-state index is 12.0. The Morgan fingerprint density at radius 2 is 1.89 bits per heavy atom. The quantitative estimate of drug-likeness (QED) is 0.762. The van der Waals surface area contributed by atoms with Crippen LogP contribution in [0.3, 0.4) is 0 Å². The van der Waals surface area contributed by atoms with E-state index in [0.717, 1.165) is 30.9 Å². The molecule has 2 rings (SSSR count). The zero-order valence-corrected chi connectivity index (χ0v) is 11.7. The lowest BCUT2D eigenvalue weighted by atomic mass is 10.1. The minimum absolute atomic E-state index is 0.192. The van der Waals surface area contributed by atoms with Gasteiger partial charge in [0.05, 0.1) is 11.3 Å². The second kappa shape index (κ2) is 5.48. The Kier molecular flexibility index (Phi) is 3.94. The van der Waals surface area contributed by atoms with Crippen molar-refractivity contribution in [2.75, 3.05) is 30.8 Å². The van der Waals surface area contributed by atoms with E-state index in [4.69, 9.17) is 11.5 Å². The SMILES string of the molecule is CNC(=O)c1c(N2CCCCC2)sc(C(N)=O)c1N. The van der Waals surface area contributed by atoms with Crippen molar-refractivity contribution < 1.29 is 9.59 Å². The van der Waals surface area contributed by atoms with Crippen molar-refractivity contribution in [3.05, 3.63) is 10.4 Å². The molecule has 5 N–H and O–H groups in total. The predicted molar refractivity (Wildman–Crippen MR) is 76.7 cm³/mol. The molecule has 6 nitrogen and oxygen atoms in total. The largest absolute Gasteiger partial charge is 0.397 e. The molecule has 1 aromatic heterocycles. The van der Waals surface area contributed by atoms with Gasteiger partial charge in [-0.3, -0.25) is 9.59 Å². The Hall–Kier alpha value is -1.76. The molecule has 0 saturated carbocycles. The number of carbonyl (C=O) groups is 2. The molecule has 2 heterocycles. The third-order valence-corrected chi connectivity index (χ3v) is 4.53. The number of rotatable bonds is 3. The first kappa shape index (κ1) is 13.7. The van der Waals surface area contributed by atoms with E-state index in [9.17, 15) is 9.59 Å². The fourth-order valence-corrected chi connectivity index (χ4v) is 3.40. The highest BCUT2D eigenvalue weighted by atomic mass is 32.1. The minimum Gasteiger partial charge on any atom is -0.397 e. The zero-order chi connectivity index (χ0) is 14.0. The number of hydrogen-bond acceptors (Lipinski definition) is 5. The lowest BCUT2D eigenvalue weighted by Crippen LogP contribution is -2.31. The van der Waals surface area contributed by atoms with Gasteiger partial charge in [0.25, 0.3) is 11.8 Å². The minimum atomic E-state index is -0.587. The van der Waals surface area contributed by atoms with Crippen LogP contribution in [-0.2, 0) is 0 Å². The Balaban J connectivity index is 2.48. The molecule has 7 heteroatoms. The van der Waals surface area contributed by atoms with Crippen LogP contribution >= 0.6 is 11.3 Å². The predicted octanol–water partition coefficient (Wildman–Crippen LogP) is 0.779. The van der Waals surface area contributed by atoms with Crippen molar-refractivity contribution in [2.24, 2.45) is 5.73 Å². The molecule has 1 saturated heterocycles. The van der Waals surface area contributed by atoms with Gasteiger partial charge in [0.1, 0.15) is 9.88 Å². The maximum Gasteiger partial charge on any atom is 0.260 e. The van der Waals surface area contributed by atoms with E-state index in [0.29, 0.717) is 5.56 Å². The van der Waals surface area contributed by atoms with Crippen LogP contribution in [0.15, 0.2) is 0 Å². The van der Waals surface area contributed by atoms with Crippen LogP contribution < -0.4 is 21.7 Å². The standard InChI is InChI=1S/C12H18N4O2S/c1-15-11(18)7-8(13)9(10(14)17)19-12(7)16-5-3-2-4-6-16/h2-6,13H2,1H3,(H2,14,17)(H,15,18). The van der Waals surface area contributed by atoms with Crippen LogP contribution in [0.4, 0.5) is 10.7 Å². The van der Waals surface area contributed by atoms with E-state index >= 15 is 0 Å². The van der Waals surface area contributed by atoms with E-state index in [1.165, 1.54) is 17.8 Å². The third-order valence-electron chi connectivity index (χ3n) is 3.25. The monoisotopic (exact) mass is 282 g/mol. The van der Waals surface area contributed by atoms with Crippen molar-refractivity contribution in [3.63, 3.8) is 0 Å². The molecule has 1 fully saturated rings. The topological polar surface area (TPSA) is 101 Å². The summed E-state index contributed by atoms with van der Waals surface area (Å²) >= 11 is 1.21. The summed E-state index contributed by atoms with van der Waals surface area (Å²) in [5, 5.41) is 3.32. The molecular formula is C12H18N4O2S. The molecule has 0 aromatic carbocycles. The first-order valence-electron chi connectivity index (χ1n) is 6.25. The lowest BCUT2D eigenvalue weighted by Gasteiger charge is -2.28. The van der Waals surface area contributed by atoms with Gasteiger partial charge in [0.15, 0.2) is 0 Å². The van der Waals surface area contributed by atoms with Crippen LogP contribution in [0.5, 0.6) is 0 Å². The van der Waals surface area contributed by atoms with Crippen molar-refractivity contribution >= 4 is 33.8 Å². The Bertz CT molecular complexity index is 506. The summed E-state index contributed by atoms with van der Waals surface area (Å²) in [5.41, 5.74) is 11.8. The molecule has 0 spiro atoms. The number of thiophene rings is 1. The van der Waals surface area contributed by atoms with Crippen LogP contribution in [0.25, 0.3) is 0 Å². The molecular weight excluding hydrogens is 264 g/mol. The number of nitrogens with two attached hydrogens (primary N) is 2. The lowest BCUT2D eigenvalue weighted by molar-refractivity contribution is 0.0964. The summed E-state index contributed by atoms with van der Waals surface area (Å²) in [6.45, 7) is 1.75. The van der Waals surface area contributed by atoms with Gasteiger partial charge in [0.2, 0.25) is 0 Å². The normalized spacial score (nSPS) is 15.3. The summed E-state index contributed by atoms with van der Waals surface area (Å²) < 4.78 is 0. The van der Waals surface area contributed by atoms with Gasteiger partial charge in [0, 0.05) is 20.1 Å². The molecule has 2 amide bonds. The Morgan fingerprint density at radius 1 is 1.26 bits per heavy atom. The van der Waals surface area contributed by atoms with Crippen molar-refractivity contribution in [3.8, 4) is 0 Å². The van der Waals surface area contributed by atoms with Crippen molar-refractivity contribution in [1.82, 2.24) is 5.32 Å². The van der Waals surface area contributed by atoms with E-state index in [2.05, 4.69) is 10.2 Å². The molecule has 0 radical (unpaired) electrons. The highest BCUT2D eigenvalue weighted by molar-refractivity contribution is 7.19. The summed E-state index contributed by atoms with van der Waals surface area (Å²) in [7, 11) is 1.55. The van der Waals surface area contributed by atoms with Gasteiger partial charge in [-0.05, 0) is 19.3 Å². The average molecular weight is 282 g/mol. The number of nitrogens with zero attached hydrogens (tertiary/aromatic N) is 1. The summed E-state index contributed by atoms with van der Waals surface area (Å²) in [6.07, 6.45) is 3.35. The number of carbonyl (C=O) groups excluding carboxylic acids is 2. The van der Waals surface area contributed by atoms with Gasteiger partial charge < -0.3 is 21.7 Å². The van der Waals surface area contributed by atoms with Gasteiger partial charge in [-0.2, -0.15) is 0 Å². The number of nitrogens with one attached hydrogen (secondary N) is 1. The molecule has 0 aliphatic carbocycles. The number of anilines is 2. The van der Waals surface area contributed by atoms with Gasteiger partial charge in [-0.1, -0.05) is 0 Å². The smallest absolute Gasteiger partial charge is 0.260 e. The van der Waals surface area contributed by atoms with Crippen LogP contribution in [0.2, 0.25) is 0 Å². The molecule has 1 aromatic rings. The fraction of sp³-hybridized carbons (Fsp3) is 0.500. The number of amides is 2. The number of piperidine rings is 1. The van der Waals surface area contributed by atoms with Crippen LogP contribution in [0, 0.1) is 0 Å². The number of nitrogen functional groups attached to an aromatic ring is 1. The summed E-state index contributed by atoms with van der Waals surface area (Å²) in [5.74, 6) is -0.863. The van der Waals surface area contributed by atoms with Gasteiger partial charge in [-0.25, -0.2) is 0 Å². The summed E-state index contributed by atoms with van der Waals surface area (Å²) in [6, 6.07) is 0. The first-order valence-corrected chi connectivity index (χ1v) is 7.07. The maximum absolute atomic E-state index is 12.0. The number of hydrogen-bond donors (Lipinski definition) is 3. The third kappa shape index (κ3) is 2.51. The number of primary amides is 1. The Morgan fingerprint density at radius 3 is 2.42 bits per heavy atom. The average Bonchev–Trinajstić information content (AvgIpc) is 2.77. The highest BCUT2D eigenvalue weighted by Gasteiger charge is 2.27. The van der Waals surface area contributed by atoms with E-state index in [1.807, 2.05) is 0 Å². The van der Waals surface area contributed by atoms with E-state index in [-0.39, 0.29) is 16.5 Å². The van der Waals surface area contributed by atoms with Crippen LogP contribution in [0.1, 0.15) is 39.3 Å². The van der Waals surface area contributed by atoms with Crippen LogP contribution in [-0.4, -0.2) is 32.0 Å². The second-order valence-corrected chi connectivity index (χ2v) is 5.52. The molecule has 19 heavy (non-hydrogen) atoms. The van der Waals surface area contributed by atoms with Gasteiger partial charge in [-0.15, -0.1) is 11.3 Å². The van der Waals surface area contributed by atoms with Crippen molar-refractivity contribution in [2.45, 2.75) is 19.3 Å². The first-order chi connectivity index (χ1) is 9.06. The second-order valence-electron chi connectivity index (χ2n) is 4.52. The van der Waals surface area contributed by atoms with Gasteiger partial charge >= 0.3 is 0 Å². The Labute approximate surface area is 115 Å².